The molecule has 6 heteroatoms. The molecule has 3 rings (SSSR count). The minimum Gasteiger partial charge on any atom is -0.482 e. The summed E-state index contributed by atoms with van der Waals surface area (Å²) >= 11 is 6.06. The molecule has 2 heterocycles. The molecular formula is C15H14ClN3O2. The molecule has 3 aromatic rings. The fourth-order valence-electron chi connectivity index (χ4n) is 2.29. The first-order valence-electron chi connectivity index (χ1n) is 6.38. The number of methoxy groups -OCH3 is 2. The monoisotopic (exact) mass is 303 g/mol. The van der Waals surface area contributed by atoms with Crippen LogP contribution in [0.25, 0.3) is 17.0 Å². The minimum atomic E-state index is 0.460. The van der Waals surface area contributed by atoms with Crippen LogP contribution in [-0.2, 0) is 0 Å². The van der Waals surface area contributed by atoms with Crippen LogP contribution >= 0.6 is 11.6 Å². The van der Waals surface area contributed by atoms with Crippen molar-refractivity contribution in [2.24, 2.45) is 0 Å². The zero-order chi connectivity index (χ0) is 15.0. The van der Waals surface area contributed by atoms with Gasteiger partial charge in [0.05, 0.1) is 31.7 Å². The van der Waals surface area contributed by atoms with Gasteiger partial charge in [0.1, 0.15) is 0 Å². The van der Waals surface area contributed by atoms with Crippen LogP contribution in [-0.4, -0.2) is 28.6 Å². The molecule has 21 heavy (non-hydrogen) atoms. The number of hydrogen-bond acceptors (Lipinski definition) is 4. The number of aryl methyl sites for hydroxylation is 1. The van der Waals surface area contributed by atoms with E-state index in [1.807, 2.05) is 35.6 Å². The molecule has 0 amide bonds. The number of rotatable bonds is 3. The van der Waals surface area contributed by atoms with Crippen molar-refractivity contribution < 1.29 is 9.47 Å². The number of benzene rings is 1. The van der Waals surface area contributed by atoms with Crippen molar-refractivity contribution in [2.45, 2.75) is 6.92 Å². The summed E-state index contributed by atoms with van der Waals surface area (Å²) in [6, 6.07) is 9.29. The van der Waals surface area contributed by atoms with Crippen LogP contribution in [0.5, 0.6) is 11.8 Å². The van der Waals surface area contributed by atoms with Gasteiger partial charge in [0.25, 0.3) is 0 Å². The van der Waals surface area contributed by atoms with E-state index in [0.29, 0.717) is 22.6 Å². The van der Waals surface area contributed by atoms with Crippen molar-refractivity contribution in [3.05, 3.63) is 41.0 Å². The largest absolute Gasteiger partial charge is 0.482 e. The molecule has 0 unspecified atom stereocenters. The maximum Gasteiger partial charge on any atom is 0.240 e. The highest BCUT2D eigenvalue weighted by atomic mass is 35.5. The van der Waals surface area contributed by atoms with Gasteiger partial charge in [-0.2, -0.15) is 4.98 Å². The van der Waals surface area contributed by atoms with Gasteiger partial charge in [-0.3, -0.25) is 4.40 Å². The van der Waals surface area contributed by atoms with Crippen molar-refractivity contribution in [1.82, 2.24) is 14.4 Å². The zero-order valence-electron chi connectivity index (χ0n) is 11.9. The normalized spacial score (nSPS) is 10.9. The maximum atomic E-state index is 6.06. The molecule has 0 aliphatic carbocycles. The molecule has 0 atom stereocenters. The third-order valence-corrected chi connectivity index (χ3v) is 3.52. The van der Waals surface area contributed by atoms with Gasteiger partial charge in [0.15, 0.2) is 0 Å². The van der Waals surface area contributed by atoms with Crippen LogP contribution in [0.1, 0.15) is 5.69 Å². The number of nitrogens with zero attached hydrogens (tertiary/aromatic N) is 3. The number of ether oxygens (including phenoxy) is 2. The molecule has 2 aromatic heterocycles. The Labute approximate surface area is 127 Å². The smallest absolute Gasteiger partial charge is 0.240 e. The second kappa shape index (κ2) is 5.26. The minimum absolute atomic E-state index is 0.460. The Morgan fingerprint density at radius 1 is 1.10 bits per heavy atom. The first-order chi connectivity index (χ1) is 10.1. The average molecular weight is 304 g/mol. The Balaban J connectivity index is 2.28. The van der Waals surface area contributed by atoms with Gasteiger partial charge in [-0.05, 0) is 19.1 Å². The van der Waals surface area contributed by atoms with Gasteiger partial charge >= 0.3 is 0 Å². The summed E-state index contributed by atoms with van der Waals surface area (Å²) in [5, 5.41) is 0.668. The SMILES string of the molecule is COc1cc(OC)n2c(C)c(-c3cccc(Cl)c3)nc2n1. The highest BCUT2D eigenvalue weighted by Crippen LogP contribution is 2.29. The molecule has 0 saturated heterocycles. The van der Waals surface area contributed by atoms with E-state index >= 15 is 0 Å². The van der Waals surface area contributed by atoms with Gasteiger partial charge in [-0.1, -0.05) is 23.7 Å². The molecule has 0 fully saturated rings. The van der Waals surface area contributed by atoms with E-state index in [1.165, 1.54) is 0 Å². The summed E-state index contributed by atoms with van der Waals surface area (Å²) in [7, 11) is 3.17. The average Bonchev–Trinajstić information content (AvgIpc) is 2.83. The van der Waals surface area contributed by atoms with Crippen molar-refractivity contribution >= 4 is 17.4 Å². The molecule has 0 aliphatic heterocycles. The van der Waals surface area contributed by atoms with E-state index < -0.39 is 0 Å². The van der Waals surface area contributed by atoms with Crippen LogP contribution in [0.4, 0.5) is 0 Å². The van der Waals surface area contributed by atoms with Gasteiger partial charge in [-0.15, -0.1) is 0 Å². The second-order valence-corrected chi connectivity index (χ2v) is 4.97. The molecule has 108 valence electrons. The maximum absolute atomic E-state index is 6.06. The van der Waals surface area contributed by atoms with Crippen molar-refractivity contribution in [3.63, 3.8) is 0 Å². The molecule has 0 aliphatic rings. The predicted octanol–water partition coefficient (Wildman–Crippen LogP) is 3.38. The number of aromatic nitrogens is 3. The molecule has 0 radical (unpaired) electrons. The molecule has 0 spiro atoms. The van der Waals surface area contributed by atoms with Crippen molar-refractivity contribution in [3.8, 4) is 23.0 Å². The summed E-state index contributed by atoms with van der Waals surface area (Å²) in [5.41, 5.74) is 2.68. The molecular weight excluding hydrogens is 290 g/mol. The summed E-state index contributed by atoms with van der Waals surface area (Å²) < 4.78 is 12.4. The van der Waals surface area contributed by atoms with Gasteiger partial charge in [-0.25, -0.2) is 4.98 Å². The Kier molecular flexibility index (Phi) is 3.43. The highest BCUT2D eigenvalue weighted by molar-refractivity contribution is 6.30. The Morgan fingerprint density at radius 2 is 1.90 bits per heavy atom. The van der Waals surface area contributed by atoms with E-state index in [1.54, 1.807) is 20.3 Å². The van der Waals surface area contributed by atoms with Gasteiger partial charge in [0.2, 0.25) is 17.5 Å². The molecule has 0 bridgehead atoms. The van der Waals surface area contributed by atoms with Crippen LogP contribution < -0.4 is 9.47 Å². The molecule has 1 aromatic carbocycles. The summed E-state index contributed by atoms with van der Waals surface area (Å²) in [6.07, 6.45) is 0. The van der Waals surface area contributed by atoms with Crippen molar-refractivity contribution in [1.29, 1.82) is 0 Å². The summed E-state index contributed by atoms with van der Waals surface area (Å²) in [4.78, 5) is 8.92. The van der Waals surface area contributed by atoms with Crippen LogP contribution in [0.2, 0.25) is 5.02 Å². The van der Waals surface area contributed by atoms with Crippen molar-refractivity contribution in [2.75, 3.05) is 14.2 Å². The first kappa shape index (κ1) is 13.7. The Hall–Kier alpha value is -2.27. The van der Waals surface area contributed by atoms with E-state index in [2.05, 4.69) is 9.97 Å². The number of halogens is 1. The third kappa shape index (κ3) is 2.29. The van der Waals surface area contributed by atoms with E-state index in [9.17, 15) is 0 Å². The lowest BCUT2D eigenvalue weighted by molar-refractivity contribution is 0.369. The fraction of sp³-hybridized carbons (Fsp3) is 0.200. The number of imidazole rings is 1. The topological polar surface area (TPSA) is 48.7 Å². The lowest BCUT2D eigenvalue weighted by atomic mass is 10.1. The standard InChI is InChI=1S/C15H14ClN3O2/c1-9-14(10-5-4-6-11(16)7-10)18-15-17-12(20-2)8-13(21-3)19(9)15/h4-8H,1-3H3. The summed E-state index contributed by atoms with van der Waals surface area (Å²) in [6.45, 7) is 1.97. The van der Waals surface area contributed by atoms with E-state index in [0.717, 1.165) is 17.0 Å². The van der Waals surface area contributed by atoms with Gasteiger partial charge in [0, 0.05) is 10.6 Å². The molecule has 0 saturated carbocycles. The number of fused-ring (bicyclic) bond motifs is 1. The predicted molar refractivity (Wildman–Crippen MR) is 81.3 cm³/mol. The van der Waals surface area contributed by atoms with Gasteiger partial charge < -0.3 is 9.47 Å². The first-order valence-corrected chi connectivity index (χ1v) is 6.76. The molecule has 0 N–H and O–H groups in total. The quantitative estimate of drug-likeness (QED) is 0.744. The summed E-state index contributed by atoms with van der Waals surface area (Å²) in [5.74, 6) is 1.61. The zero-order valence-corrected chi connectivity index (χ0v) is 12.7. The Morgan fingerprint density at radius 3 is 2.57 bits per heavy atom. The Bertz CT molecular complexity index is 814. The van der Waals surface area contributed by atoms with E-state index in [4.69, 9.17) is 21.1 Å². The lowest BCUT2D eigenvalue weighted by Gasteiger charge is -2.07. The highest BCUT2D eigenvalue weighted by Gasteiger charge is 2.16. The second-order valence-electron chi connectivity index (χ2n) is 4.53. The lowest BCUT2D eigenvalue weighted by Crippen LogP contribution is -1.99. The number of hydrogen-bond donors (Lipinski definition) is 0. The molecule has 5 nitrogen and oxygen atoms in total. The fourth-order valence-corrected chi connectivity index (χ4v) is 2.48. The van der Waals surface area contributed by atoms with Crippen LogP contribution in [0.15, 0.2) is 30.3 Å². The van der Waals surface area contributed by atoms with Crippen LogP contribution in [0.3, 0.4) is 0 Å². The van der Waals surface area contributed by atoms with E-state index in [-0.39, 0.29) is 0 Å². The third-order valence-electron chi connectivity index (χ3n) is 3.28. The van der Waals surface area contributed by atoms with Crippen LogP contribution in [0, 0.1) is 6.92 Å².